The molecule has 0 radical (unpaired) electrons. The molecule has 0 aromatic heterocycles. The number of aliphatic carboxylic acids is 1. The number of hydrogen-bond acceptors (Lipinski definition) is 5. The van der Waals surface area contributed by atoms with E-state index in [0.717, 1.165) is 11.8 Å². The molecule has 19 heavy (non-hydrogen) atoms. The second kappa shape index (κ2) is 9.62. The third kappa shape index (κ3) is 9.32. The van der Waals surface area contributed by atoms with E-state index in [9.17, 15) is 14.4 Å². The van der Waals surface area contributed by atoms with Gasteiger partial charge in [0.1, 0.15) is 6.04 Å². The van der Waals surface area contributed by atoms with Crippen LogP contribution in [0.3, 0.4) is 0 Å². The van der Waals surface area contributed by atoms with Gasteiger partial charge in [-0.2, -0.15) is 0 Å². The number of rotatable bonds is 9. The molecule has 0 bridgehead atoms. The molecule has 8 heteroatoms. The standard InChI is InChI=1S/C11H20N2O5S/c1-7(4-18-3)12-10(15)6-19-5-9(11(16)17)13-8(2)14/h7,9H,4-6H2,1-3H3,(H,12,15)(H,13,14)(H,16,17)/t7?,9-/m0/s1. The number of carboxylic acids is 1. The van der Waals surface area contributed by atoms with Gasteiger partial charge >= 0.3 is 5.97 Å². The summed E-state index contributed by atoms with van der Waals surface area (Å²) < 4.78 is 4.88. The first kappa shape index (κ1) is 17.7. The van der Waals surface area contributed by atoms with Gasteiger partial charge in [-0.05, 0) is 6.92 Å². The fraction of sp³-hybridized carbons (Fsp3) is 0.727. The van der Waals surface area contributed by atoms with Crippen LogP contribution in [0.2, 0.25) is 0 Å². The molecule has 2 amide bonds. The Morgan fingerprint density at radius 1 is 1.32 bits per heavy atom. The molecule has 0 aromatic rings. The van der Waals surface area contributed by atoms with Crippen LogP contribution in [0.1, 0.15) is 13.8 Å². The fourth-order valence-corrected chi connectivity index (χ4v) is 2.15. The van der Waals surface area contributed by atoms with E-state index >= 15 is 0 Å². The van der Waals surface area contributed by atoms with Gasteiger partial charge in [0.05, 0.1) is 12.4 Å². The number of amides is 2. The molecule has 0 saturated heterocycles. The van der Waals surface area contributed by atoms with Crippen LogP contribution in [-0.2, 0) is 19.1 Å². The number of carbonyl (C=O) groups is 3. The van der Waals surface area contributed by atoms with Crippen molar-refractivity contribution in [2.75, 3.05) is 25.2 Å². The lowest BCUT2D eigenvalue weighted by Crippen LogP contribution is -2.42. The van der Waals surface area contributed by atoms with E-state index < -0.39 is 17.9 Å². The first-order chi connectivity index (χ1) is 8.86. The number of methoxy groups -OCH3 is 1. The summed E-state index contributed by atoms with van der Waals surface area (Å²) in [6, 6.07) is -1.07. The van der Waals surface area contributed by atoms with Crippen molar-refractivity contribution in [2.45, 2.75) is 25.9 Å². The summed E-state index contributed by atoms with van der Waals surface area (Å²) in [6.45, 7) is 3.48. The van der Waals surface area contributed by atoms with Crippen molar-refractivity contribution in [1.82, 2.24) is 10.6 Å². The first-order valence-electron chi connectivity index (χ1n) is 5.72. The van der Waals surface area contributed by atoms with Crippen LogP contribution in [0.4, 0.5) is 0 Å². The van der Waals surface area contributed by atoms with Gasteiger partial charge < -0.3 is 20.5 Å². The third-order valence-corrected chi connectivity index (χ3v) is 3.05. The Kier molecular flexibility index (Phi) is 8.98. The third-order valence-electron chi connectivity index (χ3n) is 2.02. The summed E-state index contributed by atoms with van der Waals surface area (Å²) in [5, 5.41) is 13.9. The van der Waals surface area contributed by atoms with Gasteiger partial charge in [-0.3, -0.25) is 9.59 Å². The Labute approximate surface area is 116 Å². The maximum atomic E-state index is 11.5. The molecule has 3 N–H and O–H groups in total. The summed E-state index contributed by atoms with van der Waals surface area (Å²) in [4.78, 5) is 33.1. The smallest absolute Gasteiger partial charge is 0.327 e. The molecule has 0 aliphatic rings. The normalized spacial score (nSPS) is 13.4. The highest BCUT2D eigenvalue weighted by atomic mass is 32.2. The van der Waals surface area contributed by atoms with Gasteiger partial charge in [-0.15, -0.1) is 11.8 Å². The van der Waals surface area contributed by atoms with Crippen LogP contribution in [0, 0.1) is 0 Å². The Morgan fingerprint density at radius 2 is 1.95 bits per heavy atom. The summed E-state index contributed by atoms with van der Waals surface area (Å²) in [6.07, 6.45) is 0. The largest absolute Gasteiger partial charge is 0.480 e. The molecule has 0 spiro atoms. The molecule has 7 nitrogen and oxygen atoms in total. The zero-order valence-electron chi connectivity index (χ0n) is 11.3. The van der Waals surface area contributed by atoms with Gasteiger partial charge in [0.15, 0.2) is 0 Å². The average molecular weight is 292 g/mol. The van der Waals surface area contributed by atoms with E-state index in [0.29, 0.717) is 6.61 Å². The molecule has 1 unspecified atom stereocenters. The molecule has 0 aliphatic carbocycles. The monoisotopic (exact) mass is 292 g/mol. The Hall–Kier alpha value is -1.28. The quantitative estimate of drug-likeness (QED) is 0.527. The minimum absolute atomic E-state index is 0.0938. The predicted molar refractivity (Wildman–Crippen MR) is 72.0 cm³/mol. The topological polar surface area (TPSA) is 105 Å². The molecule has 2 atom stereocenters. The molecule has 0 aromatic carbocycles. The van der Waals surface area contributed by atoms with E-state index in [1.807, 2.05) is 6.92 Å². The predicted octanol–water partition coefficient (Wildman–Crippen LogP) is -0.540. The van der Waals surface area contributed by atoms with Crippen molar-refractivity contribution in [3.05, 3.63) is 0 Å². The lowest BCUT2D eigenvalue weighted by molar-refractivity contribution is -0.140. The fourth-order valence-electron chi connectivity index (χ4n) is 1.30. The highest BCUT2D eigenvalue weighted by Crippen LogP contribution is 2.03. The lowest BCUT2D eigenvalue weighted by Gasteiger charge is -2.14. The molecule has 0 aliphatic heterocycles. The minimum Gasteiger partial charge on any atom is -0.480 e. The number of carboxylic acid groups (broad SMARTS) is 1. The Bertz CT molecular complexity index is 324. The SMILES string of the molecule is COCC(C)NC(=O)CSC[C@H](NC(C)=O)C(=O)O. The van der Waals surface area contributed by atoms with Gasteiger partial charge in [-0.25, -0.2) is 4.79 Å². The van der Waals surface area contributed by atoms with Crippen molar-refractivity contribution < 1.29 is 24.2 Å². The van der Waals surface area contributed by atoms with Crippen LogP contribution < -0.4 is 10.6 Å². The zero-order chi connectivity index (χ0) is 14.8. The van der Waals surface area contributed by atoms with Crippen molar-refractivity contribution in [1.29, 1.82) is 0 Å². The second-order valence-electron chi connectivity index (χ2n) is 4.03. The first-order valence-corrected chi connectivity index (χ1v) is 6.88. The van der Waals surface area contributed by atoms with Crippen LogP contribution in [-0.4, -0.2) is 60.2 Å². The number of carbonyl (C=O) groups excluding carboxylic acids is 2. The number of nitrogens with one attached hydrogen (secondary N) is 2. The Morgan fingerprint density at radius 3 is 2.42 bits per heavy atom. The molecule has 0 rings (SSSR count). The van der Waals surface area contributed by atoms with Crippen LogP contribution in [0.25, 0.3) is 0 Å². The van der Waals surface area contributed by atoms with Gasteiger partial charge in [0, 0.05) is 25.8 Å². The van der Waals surface area contributed by atoms with Gasteiger partial charge in [-0.1, -0.05) is 0 Å². The highest BCUT2D eigenvalue weighted by Gasteiger charge is 2.18. The van der Waals surface area contributed by atoms with Crippen molar-refractivity contribution in [2.24, 2.45) is 0 Å². The van der Waals surface area contributed by atoms with Crippen molar-refractivity contribution in [3.63, 3.8) is 0 Å². The number of hydrogen-bond donors (Lipinski definition) is 3. The molecule has 0 heterocycles. The highest BCUT2D eigenvalue weighted by molar-refractivity contribution is 8.00. The van der Waals surface area contributed by atoms with Crippen molar-refractivity contribution in [3.8, 4) is 0 Å². The average Bonchev–Trinajstić information content (AvgIpc) is 2.27. The van der Waals surface area contributed by atoms with Crippen LogP contribution in [0.5, 0.6) is 0 Å². The summed E-state index contributed by atoms with van der Waals surface area (Å²) in [5.41, 5.74) is 0. The van der Waals surface area contributed by atoms with E-state index in [4.69, 9.17) is 9.84 Å². The molecule has 110 valence electrons. The van der Waals surface area contributed by atoms with Crippen LogP contribution in [0.15, 0.2) is 0 Å². The van der Waals surface area contributed by atoms with E-state index in [1.54, 1.807) is 7.11 Å². The maximum absolute atomic E-state index is 11.5. The van der Waals surface area contributed by atoms with E-state index in [1.165, 1.54) is 6.92 Å². The molecular weight excluding hydrogens is 272 g/mol. The molecule has 0 saturated carbocycles. The van der Waals surface area contributed by atoms with Crippen LogP contribution >= 0.6 is 11.8 Å². The van der Waals surface area contributed by atoms with Crippen molar-refractivity contribution >= 4 is 29.5 Å². The molecule has 0 fully saturated rings. The summed E-state index contributed by atoms with van der Waals surface area (Å²) >= 11 is 1.15. The minimum atomic E-state index is -1.11. The summed E-state index contributed by atoms with van der Waals surface area (Å²) in [7, 11) is 1.54. The second-order valence-corrected chi connectivity index (χ2v) is 5.06. The van der Waals surface area contributed by atoms with Gasteiger partial charge in [0.2, 0.25) is 11.8 Å². The van der Waals surface area contributed by atoms with Gasteiger partial charge in [0.25, 0.3) is 0 Å². The zero-order valence-corrected chi connectivity index (χ0v) is 12.1. The summed E-state index contributed by atoms with van der Waals surface area (Å²) in [5.74, 6) is -1.44. The number of thioether (sulfide) groups is 1. The van der Waals surface area contributed by atoms with E-state index in [2.05, 4.69) is 10.6 Å². The molecular formula is C11H20N2O5S. The lowest BCUT2D eigenvalue weighted by atomic mass is 10.3. The van der Waals surface area contributed by atoms with E-state index in [-0.39, 0.29) is 23.5 Å². The maximum Gasteiger partial charge on any atom is 0.327 e. The number of ether oxygens (including phenoxy) is 1. The Balaban J connectivity index is 3.95.